The third-order valence-corrected chi connectivity index (χ3v) is 23.8. The van der Waals surface area contributed by atoms with Gasteiger partial charge in [0, 0.05) is 146 Å². The monoisotopic (exact) mass is 2070 g/mol. The first-order valence-electron chi connectivity index (χ1n) is 37.7. The average Bonchev–Trinajstić information content (AvgIpc) is 1.30. The van der Waals surface area contributed by atoms with Crippen LogP contribution in [-0.4, -0.2) is 52.2 Å². The molecule has 4 aromatic carbocycles. The molecule has 0 N–H and O–H groups in total. The summed E-state index contributed by atoms with van der Waals surface area (Å²) in [4.78, 5) is 17.8. The second kappa shape index (κ2) is 36.7. The minimum Gasteiger partial charge on any atom is -0.305 e. The van der Waals surface area contributed by atoms with Gasteiger partial charge in [0.05, 0.1) is 32.3 Å². The van der Waals surface area contributed by atoms with Crippen molar-refractivity contribution in [3.8, 4) is 45.0 Å². The summed E-state index contributed by atoms with van der Waals surface area (Å²) in [7, 11) is -6.43. The predicted molar refractivity (Wildman–Crippen MR) is 386 cm³/mol. The quantitative estimate of drug-likeness (QED) is 0.0618. The third-order valence-electron chi connectivity index (χ3n) is 15.6. The summed E-state index contributed by atoms with van der Waals surface area (Å²) in [6.45, 7) is 32.1. The van der Waals surface area contributed by atoms with Crippen molar-refractivity contribution in [2.75, 3.05) is 0 Å². The van der Waals surface area contributed by atoms with Gasteiger partial charge in [-0.1, -0.05) is 249 Å². The second-order valence-corrected chi connectivity index (χ2v) is 50.1. The zero-order valence-corrected chi connectivity index (χ0v) is 71.6. The summed E-state index contributed by atoms with van der Waals surface area (Å²) in [5, 5.41) is 4.95. The minimum atomic E-state index is -2.38. The van der Waals surface area contributed by atoms with Crippen LogP contribution in [0.25, 0.3) is 45.0 Å². The maximum atomic E-state index is 14.6. The van der Waals surface area contributed by atoms with Gasteiger partial charge in [-0.2, -0.15) is 0 Å². The zero-order valence-electron chi connectivity index (χ0n) is 71.0. The van der Waals surface area contributed by atoms with Gasteiger partial charge in [0.25, 0.3) is 0 Å². The number of pyridine rings is 4. The normalized spacial score (nSPS) is 15.3. The molecule has 518 valence electrons. The summed E-state index contributed by atoms with van der Waals surface area (Å²) in [6, 6.07) is 28.3. The number of hydrogen-bond donors (Lipinski definition) is 0. The number of hydrogen-bond acceptors (Lipinski definition) is 4. The molecule has 0 amide bonds. The van der Waals surface area contributed by atoms with E-state index in [0.717, 1.165) is 54.3 Å². The number of nitrogens with zero attached hydrogens (tertiary/aromatic N) is 4. The van der Waals surface area contributed by atoms with Gasteiger partial charge in [0.2, 0.25) is 0 Å². The van der Waals surface area contributed by atoms with Crippen LogP contribution >= 0.6 is 0 Å². The molecule has 0 bridgehead atoms. The first-order valence-corrected chi connectivity index (χ1v) is 45.2. The molecule has 94 heavy (non-hydrogen) atoms. The molecule has 1 saturated carbocycles. The Balaban J connectivity index is 0.000000479. The predicted octanol–water partition coefficient (Wildman–Crippen LogP) is 19.8. The average molecular weight is 2070 g/mol. The molecule has 0 saturated heterocycles. The van der Waals surface area contributed by atoms with Crippen LogP contribution < -0.4 is 20.7 Å². The van der Waals surface area contributed by atoms with E-state index in [9.17, 15) is 17.6 Å². The van der Waals surface area contributed by atoms with Crippen molar-refractivity contribution in [2.45, 2.75) is 205 Å². The summed E-state index contributed by atoms with van der Waals surface area (Å²) < 4.78 is 155. The first kappa shape index (κ1) is 66.5. The fourth-order valence-electron chi connectivity index (χ4n) is 11.2. The fourth-order valence-corrected chi connectivity index (χ4v) is 17.6. The molecule has 9 rings (SSSR count). The molecule has 16 heteroatoms. The summed E-state index contributed by atoms with van der Waals surface area (Å²) in [6.07, 6.45) is 15.3. The van der Waals surface area contributed by atoms with Crippen molar-refractivity contribution in [3.63, 3.8) is 0 Å². The molecule has 4 heterocycles. The van der Waals surface area contributed by atoms with Crippen molar-refractivity contribution in [2.24, 2.45) is 17.3 Å². The number of aromatic nitrogens is 4. The molecular formula is C78H102F4Ir4N4Si4-4. The Morgan fingerprint density at radius 3 is 1.05 bits per heavy atom. The van der Waals surface area contributed by atoms with Crippen LogP contribution in [-0.2, 0) is 99.7 Å². The Kier molecular flexibility index (Phi) is 26.0. The number of halogens is 4. The molecule has 4 nitrogen and oxygen atoms in total. The Morgan fingerprint density at radius 1 is 0.457 bits per heavy atom. The Morgan fingerprint density at radius 2 is 0.755 bits per heavy atom. The zero-order chi connectivity index (χ0) is 77.9. The number of benzene rings is 4. The van der Waals surface area contributed by atoms with E-state index in [1.807, 2.05) is 36.8 Å². The molecule has 1 aliphatic carbocycles. The van der Waals surface area contributed by atoms with Gasteiger partial charge in [-0.15, -0.1) is 95.1 Å². The van der Waals surface area contributed by atoms with E-state index in [2.05, 4.69) is 157 Å². The number of aryl methyl sites for hydroxylation is 4. The number of rotatable bonds is 14. The molecule has 0 spiro atoms. The smallest absolute Gasteiger partial charge is 0.0799 e. The fraction of sp³-hybridized carbons (Fsp3) is 0.436. The first-order chi connectivity index (χ1) is 46.8. The van der Waals surface area contributed by atoms with Crippen molar-refractivity contribution in [1.29, 1.82) is 0 Å². The van der Waals surface area contributed by atoms with Crippen LogP contribution in [0.3, 0.4) is 0 Å². The van der Waals surface area contributed by atoms with Crippen LogP contribution in [0.5, 0.6) is 0 Å². The van der Waals surface area contributed by atoms with E-state index in [1.54, 1.807) is 26.1 Å². The summed E-state index contributed by atoms with van der Waals surface area (Å²) in [5.41, 5.74) is 7.10. The second-order valence-electron chi connectivity index (χ2n) is 29.9. The van der Waals surface area contributed by atoms with Crippen molar-refractivity contribution >= 4 is 53.0 Å². The van der Waals surface area contributed by atoms with Crippen LogP contribution in [0.2, 0.25) is 78.6 Å². The van der Waals surface area contributed by atoms with Gasteiger partial charge in [-0.25, -0.2) is 0 Å². The van der Waals surface area contributed by atoms with Gasteiger partial charge in [0.15, 0.2) is 0 Å². The van der Waals surface area contributed by atoms with E-state index < -0.39 is 88.9 Å². The van der Waals surface area contributed by atoms with E-state index >= 15 is 0 Å². The molecule has 0 aliphatic heterocycles. The Bertz CT molecular complexity index is 4290. The Hall–Kier alpha value is -3.34. The summed E-state index contributed by atoms with van der Waals surface area (Å²) in [5.74, 6) is -2.12. The maximum absolute atomic E-state index is 14.6. The van der Waals surface area contributed by atoms with E-state index in [0.29, 0.717) is 34.6 Å². The van der Waals surface area contributed by atoms with Gasteiger partial charge >= 0.3 is 0 Å². The van der Waals surface area contributed by atoms with Gasteiger partial charge in [-0.05, 0) is 85.9 Å². The third kappa shape index (κ3) is 25.1. The molecule has 1 aliphatic rings. The molecule has 0 unspecified atom stereocenters. The minimum absolute atomic E-state index is 0. The van der Waals surface area contributed by atoms with Crippen molar-refractivity contribution in [1.82, 2.24) is 19.9 Å². The van der Waals surface area contributed by atoms with Gasteiger partial charge in [-0.3, -0.25) is 17.6 Å². The Labute approximate surface area is 640 Å². The molecule has 4 aromatic heterocycles. The van der Waals surface area contributed by atoms with Crippen LogP contribution in [0.4, 0.5) is 17.6 Å². The summed E-state index contributed by atoms with van der Waals surface area (Å²) >= 11 is 0. The van der Waals surface area contributed by atoms with Crippen molar-refractivity contribution in [3.05, 3.63) is 190 Å². The van der Waals surface area contributed by atoms with E-state index in [-0.39, 0.29) is 130 Å². The van der Waals surface area contributed by atoms with Crippen LogP contribution in [0.15, 0.2) is 97.6 Å². The van der Waals surface area contributed by atoms with Gasteiger partial charge < -0.3 is 19.9 Å². The van der Waals surface area contributed by atoms with Crippen LogP contribution in [0, 0.1) is 92.2 Å². The maximum Gasteiger partial charge on any atom is 0.0799 e. The SMILES string of the molecule is [2H]C([2H])([2H])c1c[c-]c(-c2cc(C([2H])(C)C)c([Si](C)(C)C)cn2)c(F)c1.[2H]C([2H])([2H])c1c[c-]c(-c2cc(CC(C)(C)C)c([Si](C)(C)C)cn2)c(F)c1.[2H]C([2H])([2H])c1c[c-]c(-c2cc(CC(C)C)c([Si](C)(C)C)cn2)c(F)c1.[2H]C([2H])([2H])c1c[c-]c(-c2cc(CC3CCCC3)c([Si](C)(C)C)cn2)c(F)c1.[Ir].[Ir].[Ir].[Ir]. The van der Waals surface area contributed by atoms with Crippen LogP contribution in [0.1, 0.15) is 142 Å². The molecule has 8 aromatic rings. The largest absolute Gasteiger partial charge is 0.305 e. The van der Waals surface area contributed by atoms with E-state index in [1.165, 1.54) is 82.2 Å². The molecule has 1 fully saturated rings. The van der Waals surface area contributed by atoms with Crippen molar-refractivity contribution < 1.29 is 116 Å². The molecule has 4 radical (unpaired) electrons. The standard InChI is InChI=1S/C21H27FNSi.C20H27FNSi.C19H25FNSi.C18H23FNSi.4Ir/c1-15-9-10-18(19(22)11-15)20-13-17(12-16-7-5-6-8-16)21(14-23-20)24(2,3)4;1-14-8-9-16(17(21)10-14)18-11-15(12-20(2,3)4)19(13-22-18)23(5,6)7;1-13(2)9-15-11-18(21-12-19(15)22(4,5)6)16-8-7-14(3)10-17(16)20;1-12(2)15-10-17(20-11-18(15)21(4,5)6)14-8-7-13(3)9-16(14)19;;;;/h9,11,13-14,16H,5-8,12H2,1-4H3;8,10-11,13H,12H2,1-7H3;7,10-13H,9H2,1-6H3;7,9-12H,1-6H3;;;;/q4*-1;;;;/i2*1D3;3D3;3D3,12D;;;;. The molecule has 0 atom stereocenters. The van der Waals surface area contributed by atoms with Gasteiger partial charge in [0.1, 0.15) is 0 Å². The topological polar surface area (TPSA) is 51.6 Å². The van der Waals surface area contributed by atoms with E-state index in [4.69, 9.17) is 17.8 Å². The molecular weight excluding hydrogens is 1950 g/mol.